The maximum atomic E-state index is 11.8. The Morgan fingerprint density at radius 3 is 2.83 bits per heavy atom. The number of thiophene rings is 1. The highest BCUT2D eigenvalue weighted by Crippen LogP contribution is 2.29. The Morgan fingerprint density at radius 1 is 1.52 bits per heavy atom. The van der Waals surface area contributed by atoms with Crippen LogP contribution in [0, 0.1) is 6.92 Å². The first-order chi connectivity index (χ1) is 10.9. The Labute approximate surface area is 144 Å². The first kappa shape index (κ1) is 17.4. The number of nitrogens with one attached hydrogen (secondary N) is 2. The van der Waals surface area contributed by atoms with Crippen LogP contribution in [-0.4, -0.2) is 28.0 Å². The van der Waals surface area contributed by atoms with Crippen LogP contribution in [-0.2, 0) is 24.8 Å². The molecular weight excluding hydrogens is 332 g/mol. The van der Waals surface area contributed by atoms with E-state index >= 15 is 0 Å². The number of aryl methyl sites for hydroxylation is 3. The molecule has 0 amide bonds. The van der Waals surface area contributed by atoms with Crippen molar-refractivity contribution in [3.8, 4) is 0 Å². The van der Waals surface area contributed by atoms with Crippen molar-refractivity contribution < 1.29 is 9.53 Å². The minimum absolute atomic E-state index is 0.366. The van der Waals surface area contributed by atoms with Crippen molar-refractivity contribution in [3.05, 3.63) is 34.0 Å². The van der Waals surface area contributed by atoms with Crippen molar-refractivity contribution in [3.63, 3.8) is 0 Å². The summed E-state index contributed by atoms with van der Waals surface area (Å²) < 4.78 is 6.59. The van der Waals surface area contributed by atoms with Gasteiger partial charge in [-0.3, -0.25) is 4.68 Å². The monoisotopic (exact) mass is 352 g/mol. The van der Waals surface area contributed by atoms with Gasteiger partial charge in [-0.2, -0.15) is 5.10 Å². The second-order valence-electron chi connectivity index (χ2n) is 5.02. The van der Waals surface area contributed by atoms with Gasteiger partial charge in [0.05, 0.1) is 18.4 Å². The highest BCUT2D eigenvalue weighted by molar-refractivity contribution is 7.80. The average molecular weight is 352 g/mol. The Morgan fingerprint density at radius 2 is 2.26 bits per heavy atom. The molecule has 0 spiro atoms. The Balaban J connectivity index is 2.03. The summed E-state index contributed by atoms with van der Waals surface area (Å²) in [5.74, 6) is -0.366. The van der Waals surface area contributed by atoms with Crippen LogP contribution in [0.4, 0.5) is 5.00 Å². The first-order valence-corrected chi connectivity index (χ1v) is 8.42. The highest BCUT2D eigenvalue weighted by atomic mass is 32.1. The zero-order chi connectivity index (χ0) is 17.0. The molecule has 0 aliphatic rings. The molecule has 0 unspecified atom stereocenters. The zero-order valence-electron chi connectivity index (χ0n) is 13.6. The SMILES string of the molecule is CCc1cc(C(=O)OC)c(NC(=S)NCc2cn(C)nc2C)s1. The first-order valence-electron chi connectivity index (χ1n) is 7.19. The summed E-state index contributed by atoms with van der Waals surface area (Å²) >= 11 is 6.82. The lowest BCUT2D eigenvalue weighted by Crippen LogP contribution is -2.28. The summed E-state index contributed by atoms with van der Waals surface area (Å²) in [6, 6.07) is 1.84. The minimum Gasteiger partial charge on any atom is -0.465 e. The van der Waals surface area contributed by atoms with Gasteiger partial charge in [0.15, 0.2) is 5.11 Å². The smallest absolute Gasteiger partial charge is 0.340 e. The lowest BCUT2D eigenvalue weighted by atomic mass is 10.2. The van der Waals surface area contributed by atoms with E-state index < -0.39 is 0 Å². The van der Waals surface area contributed by atoms with Gasteiger partial charge in [-0.1, -0.05) is 6.92 Å². The molecule has 124 valence electrons. The number of hydrogen-bond acceptors (Lipinski definition) is 5. The minimum atomic E-state index is -0.366. The second-order valence-corrected chi connectivity index (χ2v) is 6.57. The van der Waals surface area contributed by atoms with Crippen LogP contribution in [0.1, 0.15) is 33.4 Å². The van der Waals surface area contributed by atoms with E-state index in [1.165, 1.54) is 18.4 Å². The van der Waals surface area contributed by atoms with E-state index in [0.29, 0.717) is 22.2 Å². The largest absolute Gasteiger partial charge is 0.465 e. The predicted molar refractivity (Wildman–Crippen MR) is 96.0 cm³/mol. The maximum Gasteiger partial charge on any atom is 0.340 e. The molecule has 8 heteroatoms. The lowest BCUT2D eigenvalue weighted by molar-refractivity contribution is 0.0602. The number of esters is 1. The van der Waals surface area contributed by atoms with Crippen molar-refractivity contribution in [1.82, 2.24) is 15.1 Å². The van der Waals surface area contributed by atoms with Crippen LogP contribution in [0.15, 0.2) is 12.3 Å². The van der Waals surface area contributed by atoms with E-state index in [1.54, 1.807) is 4.68 Å². The molecule has 0 fully saturated rings. The number of hydrogen-bond donors (Lipinski definition) is 2. The molecule has 0 atom stereocenters. The summed E-state index contributed by atoms with van der Waals surface area (Å²) in [6.45, 7) is 4.57. The number of anilines is 1. The number of aromatic nitrogens is 2. The third-order valence-corrected chi connectivity index (χ3v) is 4.76. The predicted octanol–water partition coefficient (Wildman–Crippen LogP) is 2.63. The summed E-state index contributed by atoms with van der Waals surface area (Å²) in [7, 11) is 3.25. The molecule has 2 aromatic rings. The van der Waals surface area contributed by atoms with E-state index in [0.717, 1.165) is 22.6 Å². The Bertz CT molecular complexity index is 721. The van der Waals surface area contributed by atoms with Crippen LogP contribution in [0.5, 0.6) is 0 Å². The number of thiocarbonyl (C=S) groups is 1. The van der Waals surface area contributed by atoms with E-state index in [1.807, 2.05) is 33.2 Å². The van der Waals surface area contributed by atoms with Crippen LogP contribution in [0.25, 0.3) is 0 Å². The Kier molecular flexibility index (Phi) is 5.73. The molecule has 0 aliphatic carbocycles. The van der Waals surface area contributed by atoms with E-state index in [-0.39, 0.29) is 5.97 Å². The fraction of sp³-hybridized carbons (Fsp3) is 0.400. The van der Waals surface area contributed by atoms with Crippen molar-refractivity contribution >= 4 is 39.6 Å². The topological polar surface area (TPSA) is 68.2 Å². The summed E-state index contributed by atoms with van der Waals surface area (Å²) in [5, 5.41) is 11.7. The molecule has 2 rings (SSSR count). The zero-order valence-corrected chi connectivity index (χ0v) is 15.2. The fourth-order valence-electron chi connectivity index (χ4n) is 2.12. The second kappa shape index (κ2) is 7.56. The van der Waals surface area contributed by atoms with Gasteiger partial charge in [-0.05, 0) is 31.6 Å². The average Bonchev–Trinajstić information content (AvgIpc) is 3.07. The molecule has 2 heterocycles. The van der Waals surface area contributed by atoms with Gasteiger partial charge >= 0.3 is 5.97 Å². The van der Waals surface area contributed by atoms with E-state index in [9.17, 15) is 4.79 Å². The molecule has 6 nitrogen and oxygen atoms in total. The van der Waals surface area contributed by atoms with Crippen LogP contribution >= 0.6 is 23.6 Å². The molecule has 0 aromatic carbocycles. The summed E-state index contributed by atoms with van der Waals surface area (Å²) in [4.78, 5) is 12.9. The molecule has 0 saturated carbocycles. The van der Waals surface area contributed by atoms with Crippen molar-refractivity contribution in [2.24, 2.45) is 7.05 Å². The number of methoxy groups -OCH3 is 1. The quantitative estimate of drug-likeness (QED) is 0.637. The maximum absolute atomic E-state index is 11.8. The molecule has 0 bridgehead atoms. The molecule has 0 radical (unpaired) electrons. The third-order valence-electron chi connectivity index (χ3n) is 3.32. The third kappa shape index (κ3) is 4.29. The molecule has 2 aromatic heterocycles. The molecule has 23 heavy (non-hydrogen) atoms. The van der Waals surface area contributed by atoms with E-state index in [2.05, 4.69) is 15.7 Å². The van der Waals surface area contributed by atoms with Crippen LogP contribution < -0.4 is 10.6 Å². The summed E-state index contributed by atoms with van der Waals surface area (Å²) in [5.41, 5.74) is 2.55. The standard InChI is InChI=1S/C15H20N4O2S2/c1-5-11-6-12(14(20)21-4)13(23-11)17-15(22)16-7-10-8-19(3)18-9(10)2/h6,8H,5,7H2,1-4H3,(H2,16,17,22). The molecule has 0 aliphatic heterocycles. The van der Waals surface area contributed by atoms with Gasteiger partial charge in [0.25, 0.3) is 0 Å². The van der Waals surface area contributed by atoms with Gasteiger partial charge in [-0.15, -0.1) is 11.3 Å². The van der Waals surface area contributed by atoms with Gasteiger partial charge in [0.1, 0.15) is 5.00 Å². The lowest BCUT2D eigenvalue weighted by Gasteiger charge is -2.10. The van der Waals surface area contributed by atoms with Gasteiger partial charge in [0, 0.05) is 30.2 Å². The number of carbonyl (C=O) groups excluding carboxylic acids is 1. The molecule has 2 N–H and O–H groups in total. The van der Waals surface area contributed by atoms with Crippen molar-refractivity contribution in [1.29, 1.82) is 0 Å². The number of nitrogens with zero attached hydrogens (tertiary/aromatic N) is 2. The van der Waals surface area contributed by atoms with Gasteiger partial charge in [0.2, 0.25) is 0 Å². The Hall–Kier alpha value is -1.93. The number of carbonyl (C=O) groups is 1. The molecular formula is C15H20N4O2S2. The highest BCUT2D eigenvalue weighted by Gasteiger charge is 2.17. The van der Waals surface area contributed by atoms with Crippen LogP contribution in [0.2, 0.25) is 0 Å². The van der Waals surface area contributed by atoms with Gasteiger partial charge < -0.3 is 15.4 Å². The number of ether oxygens (including phenoxy) is 1. The van der Waals surface area contributed by atoms with E-state index in [4.69, 9.17) is 17.0 Å². The van der Waals surface area contributed by atoms with Crippen molar-refractivity contribution in [2.45, 2.75) is 26.8 Å². The molecule has 0 saturated heterocycles. The van der Waals surface area contributed by atoms with Crippen LogP contribution in [0.3, 0.4) is 0 Å². The summed E-state index contributed by atoms with van der Waals surface area (Å²) in [6.07, 6.45) is 2.80. The fourth-order valence-corrected chi connectivity index (χ4v) is 3.34. The van der Waals surface area contributed by atoms with Crippen molar-refractivity contribution in [2.75, 3.05) is 12.4 Å². The normalized spacial score (nSPS) is 10.4. The number of rotatable bonds is 5. The van der Waals surface area contributed by atoms with Gasteiger partial charge in [-0.25, -0.2) is 4.79 Å².